The minimum Gasteiger partial charge on any atom is -0.302 e. The van der Waals surface area contributed by atoms with Crippen molar-refractivity contribution in [3.05, 3.63) is 71.3 Å². The van der Waals surface area contributed by atoms with Crippen molar-refractivity contribution in [3.63, 3.8) is 0 Å². The zero-order valence-corrected chi connectivity index (χ0v) is 13.4. The van der Waals surface area contributed by atoms with Crippen molar-refractivity contribution in [1.29, 1.82) is 0 Å². The Morgan fingerprint density at radius 3 is 2.45 bits per heavy atom. The first kappa shape index (κ1) is 14.9. The van der Waals surface area contributed by atoms with E-state index >= 15 is 0 Å². The van der Waals surface area contributed by atoms with Crippen molar-refractivity contribution in [1.82, 2.24) is 15.3 Å². The van der Waals surface area contributed by atoms with Crippen molar-refractivity contribution in [2.24, 2.45) is 0 Å². The largest absolute Gasteiger partial charge is 0.302 e. The second-order valence-corrected chi connectivity index (χ2v) is 5.83. The summed E-state index contributed by atoms with van der Waals surface area (Å²) in [6.45, 7) is 4.25. The van der Waals surface area contributed by atoms with E-state index in [1.165, 1.54) is 10.9 Å². The zero-order valence-electron chi connectivity index (χ0n) is 12.6. The van der Waals surface area contributed by atoms with Crippen LogP contribution in [0.5, 0.6) is 0 Å². The minimum atomic E-state index is 0.123. The molecule has 0 aliphatic heterocycles. The molecule has 0 radical (unpaired) electrons. The number of hydrogen-bond donors (Lipinski definition) is 1. The molecule has 0 saturated heterocycles. The summed E-state index contributed by atoms with van der Waals surface area (Å²) in [5, 5.41) is 6.63. The van der Waals surface area contributed by atoms with Crippen LogP contribution in [-0.2, 0) is 0 Å². The van der Waals surface area contributed by atoms with Crippen molar-refractivity contribution >= 4 is 22.4 Å². The molecule has 0 amide bonds. The third-order valence-electron chi connectivity index (χ3n) is 3.90. The zero-order chi connectivity index (χ0) is 15.5. The maximum absolute atomic E-state index is 6.30. The van der Waals surface area contributed by atoms with Crippen LogP contribution in [0.1, 0.15) is 37.2 Å². The summed E-state index contributed by atoms with van der Waals surface area (Å²) in [6.07, 6.45) is 5.20. The van der Waals surface area contributed by atoms with Crippen LogP contribution in [0.3, 0.4) is 0 Å². The highest BCUT2D eigenvalue weighted by Gasteiger charge is 2.15. The average Bonchev–Trinajstić information content (AvgIpc) is 2.56. The van der Waals surface area contributed by atoms with Gasteiger partial charge in [0.1, 0.15) is 0 Å². The van der Waals surface area contributed by atoms with Crippen LogP contribution >= 0.6 is 11.6 Å². The number of fused-ring (bicyclic) bond motifs is 1. The molecular formula is C18H18ClN3. The molecule has 0 bridgehead atoms. The SMILES string of the molecule is CC(NC(C)c1ccc(Cl)c2ccccc12)c1cnccn1. The minimum absolute atomic E-state index is 0.123. The molecule has 3 rings (SSSR count). The van der Waals surface area contributed by atoms with Crippen molar-refractivity contribution in [2.45, 2.75) is 25.9 Å². The molecule has 2 aromatic carbocycles. The molecule has 112 valence electrons. The Bertz CT molecular complexity index is 774. The number of nitrogens with zero attached hydrogens (tertiary/aromatic N) is 2. The summed E-state index contributed by atoms with van der Waals surface area (Å²) in [4.78, 5) is 8.48. The summed E-state index contributed by atoms with van der Waals surface area (Å²) in [7, 11) is 0. The normalized spacial score (nSPS) is 14.0. The number of rotatable bonds is 4. The number of halogens is 1. The summed E-state index contributed by atoms with van der Waals surface area (Å²) in [6, 6.07) is 12.6. The van der Waals surface area contributed by atoms with Gasteiger partial charge in [-0.1, -0.05) is 41.9 Å². The fourth-order valence-electron chi connectivity index (χ4n) is 2.75. The molecule has 0 fully saturated rings. The molecule has 1 heterocycles. The molecule has 4 heteroatoms. The summed E-state index contributed by atoms with van der Waals surface area (Å²) in [5.74, 6) is 0. The van der Waals surface area contributed by atoms with Gasteiger partial charge in [-0.25, -0.2) is 0 Å². The second kappa shape index (κ2) is 6.42. The molecule has 1 N–H and O–H groups in total. The van der Waals surface area contributed by atoms with Gasteiger partial charge in [0.2, 0.25) is 0 Å². The first-order valence-corrected chi connectivity index (χ1v) is 7.73. The lowest BCUT2D eigenvalue weighted by atomic mass is 9.99. The van der Waals surface area contributed by atoms with E-state index in [2.05, 4.69) is 47.3 Å². The summed E-state index contributed by atoms with van der Waals surface area (Å²) in [5.41, 5.74) is 2.17. The predicted molar refractivity (Wildman–Crippen MR) is 91.0 cm³/mol. The van der Waals surface area contributed by atoms with Gasteiger partial charge in [-0.3, -0.25) is 9.97 Å². The Hall–Kier alpha value is -1.97. The fourth-order valence-corrected chi connectivity index (χ4v) is 2.98. The van der Waals surface area contributed by atoms with E-state index in [4.69, 9.17) is 11.6 Å². The van der Waals surface area contributed by atoms with Gasteiger partial charge >= 0.3 is 0 Å². The van der Waals surface area contributed by atoms with Gasteiger partial charge in [0.25, 0.3) is 0 Å². The Morgan fingerprint density at radius 2 is 1.73 bits per heavy atom. The Labute approximate surface area is 135 Å². The molecule has 1 aromatic heterocycles. The van der Waals surface area contributed by atoms with Gasteiger partial charge in [0.15, 0.2) is 0 Å². The van der Waals surface area contributed by atoms with Gasteiger partial charge in [0.05, 0.1) is 5.69 Å². The highest BCUT2D eigenvalue weighted by atomic mass is 35.5. The van der Waals surface area contributed by atoms with E-state index in [0.717, 1.165) is 16.1 Å². The molecule has 2 unspecified atom stereocenters. The van der Waals surface area contributed by atoms with Crippen molar-refractivity contribution in [3.8, 4) is 0 Å². The molecular weight excluding hydrogens is 294 g/mol. The summed E-state index contributed by atoms with van der Waals surface area (Å²) >= 11 is 6.30. The number of hydrogen-bond acceptors (Lipinski definition) is 3. The monoisotopic (exact) mass is 311 g/mol. The Morgan fingerprint density at radius 1 is 0.955 bits per heavy atom. The van der Waals surface area contributed by atoms with Crippen LogP contribution < -0.4 is 5.32 Å². The third-order valence-corrected chi connectivity index (χ3v) is 4.23. The topological polar surface area (TPSA) is 37.8 Å². The van der Waals surface area contributed by atoms with E-state index < -0.39 is 0 Å². The number of nitrogens with one attached hydrogen (secondary N) is 1. The van der Waals surface area contributed by atoms with E-state index in [1.807, 2.05) is 18.2 Å². The molecule has 3 aromatic rings. The highest BCUT2D eigenvalue weighted by molar-refractivity contribution is 6.35. The van der Waals surface area contributed by atoms with E-state index in [-0.39, 0.29) is 12.1 Å². The van der Waals surface area contributed by atoms with E-state index in [1.54, 1.807) is 18.6 Å². The molecule has 3 nitrogen and oxygen atoms in total. The van der Waals surface area contributed by atoms with Gasteiger partial charge in [-0.15, -0.1) is 0 Å². The average molecular weight is 312 g/mol. The fraction of sp³-hybridized carbons (Fsp3) is 0.222. The third kappa shape index (κ3) is 2.96. The van der Waals surface area contributed by atoms with Crippen LogP contribution in [0, 0.1) is 0 Å². The first-order chi connectivity index (χ1) is 10.7. The lowest BCUT2D eigenvalue weighted by Gasteiger charge is -2.21. The van der Waals surface area contributed by atoms with Crippen LogP contribution in [0.25, 0.3) is 10.8 Å². The molecule has 0 aliphatic rings. The van der Waals surface area contributed by atoms with E-state index in [9.17, 15) is 0 Å². The quantitative estimate of drug-likeness (QED) is 0.759. The molecule has 0 aliphatic carbocycles. The maximum Gasteiger partial charge on any atom is 0.0753 e. The summed E-state index contributed by atoms with van der Waals surface area (Å²) < 4.78 is 0. The molecule has 22 heavy (non-hydrogen) atoms. The van der Waals surface area contributed by atoms with Crippen molar-refractivity contribution < 1.29 is 0 Å². The second-order valence-electron chi connectivity index (χ2n) is 5.42. The highest BCUT2D eigenvalue weighted by Crippen LogP contribution is 2.30. The molecule has 0 spiro atoms. The van der Waals surface area contributed by atoms with Gasteiger partial charge < -0.3 is 5.32 Å². The Kier molecular flexibility index (Phi) is 4.36. The van der Waals surface area contributed by atoms with Crippen molar-refractivity contribution in [2.75, 3.05) is 0 Å². The van der Waals surface area contributed by atoms with Crippen LogP contribution in [0.15, 0.2) is 55.0 Å². The molecule has 0 saturated carbocycles. The number of aromatic nitrogens is 2. The van der Waals surface area contributed by atoms with Crippen LogP contribution in [0.4, 0.5) is 0 Å². The smallest absolute Gasteiger partial charge is 0.0753 e. The Balaban J connectivity index is 1.90. The maximum atomic E-state index is 6.30. The lowest BCUT2D eigenvalue weighted by molar-refractivity contribution is 0.487. The van der Waals surface area contributed by atoms with E-state index in [0.29, 0.717) is 0 Å². The first-order valence-electron chi connectivity index (χ1n) is 7.36. The lowest BCUT2D eigenvalue weighted by Crippen LogP contribution is -2.23. The van der Waals surface area contributed by atoms with Crippen LogP contribution in [-0.4, -0.2) is 9.97 Å². The van der Waals surface area contributed by atoms with Gasteiger partial charge in [0, 0.05) is 41.1 Å². The van der Waals surface area contributed by atoms with Crippen LogP contribution in [0.2, 0.25) is 5.02 Å². The molecule has 2 atom stereocenters. The number of benzene rings is 2. The standard InChI is InChI=1S/C18H18ClN3/c1-12(22-13(2)18-11-20-9-10-21-18)14-7-8-17(19)16-6-4-3-5-15(14)16/h3-13,22H,1-2H3. The van der Waals surface area contributed by atoms with Gasteiger partial charge in [-0.2, -0.15) is 0 Å². The van der Waals surface area contributed by atoms with Gasteiger partial charge in [-0.05, 0) is 30.9 Å². The predicted octanol–water partition coefficient (Wildman–Crippen LogP) is 4.70.